The summed E-state index contributed by atoms with van der Waals surface area (Å²) in [4.78, 5) is 53.0. The average molecular weight is 472 g/mol. The number of anilines is 1. The number of fused-ring (bicyclic) bond motifs is 1. The summed E-state index contributed by atoms with van der Waals surface area (Å²) in [5.74, 6) is -2.34. The number of carbonyl (C=O) groups excluding carboxylic acids is 4. The van der Waals surface area contributed by atoms with Crippen molar-refractivity contribution in [3.63, 3.8) is 0 Å². The van der Waals surface area contributed by atoms with Gasteiger partial charge < -0.3 is 25.1 Å². The van der Waals surface area contributed by atoms with Gasteiger partial charge in [0.25, 0.3) is 11.8 Å². The first-order chi connectivity index (χ1) is 15.7. The molecule has 10 heteroatoms. The van der Waals surface area contributed by atoms with E-state index >= 15 is 0 Å². The number of rotatable bonds is 7. The van der Waals surface area contributed by atoms with E-state index < -0.39 is 24.5 Å². The molecule has 3 rings (SSSR count). The molecule has 9 nitrogen and oxygen atoms in total. The van der Waals surface area contributed by atoms with E-state index in [1.165, 1.54) is 7.05 Å². The predicted molar refractivity (Wildman–Crippen MR) is 125 cm³/mol. The van der Waals surface area contributed by atoms with Gasteiger partial charge in [-0.25, -0.2) is 9.59 Å². The predicted octanol–water partition coefficient (Wildman–Crippen LogP) is 3.49. The topological polar surface area (TPSA) is 127 Å². The molecule has 0 saturated heterocycles. The van der Waals surface area contributed by atoms with Crippen molar-refractivity contribution in [2.24, 2.45) is 0 Å². The number of esters is 2. The molecule has 0 fully saturated rings. The molecule has 0 aliphatic carbocycles. The third-order valence-electron chi connectivity index (χ3n) is 5.19. The summed E-state index contributed by atoms with van der Waals surface area (Å²) in [7, 11) is 1.47. The maximum Gasteiger partial charge on any atom is 0.341 e. The van der Waals surface area contributed by atoms with Crippen LogP contribution in [0.3, 0.4) is 0 Å². The van der Waals surface area contributed by atoms with Gasteiger partial charge in [0, 0.05) is 23.6 Å². The summed E-state index contributed by atoms with van der Waals surface area (Å²) in [5, 5.41) is 6.12. The summed E-state index contributed by atoms with van der Waals surface area (Å²) in [5.41, 5.74) is 3.77. The summed E-state index contributed by atoms with van der Waals surface area (Å²) >= 11 is 0.949. The van der Waals surface area contributed by atoms with Gasteiger partial charge in [0.2, 0.25) is 0 Å². The summed E-state index contributed by atoms with van der Waals surface area (Å²) < 4.78 is 10.2. The van der Waals surface area contributed by atoms with Crippen LogP contribution in [0.25, 0.3) is 10.9 Å². The average Bonchev–Trinajstić information content (AvgIpc) is 3.26. The molecular weight excluding hydrogens is 446 g/mol. The monoisotopic (exact) mass is 471 g/mol. The molecule has 174 valence electrons. The van der Waals surface area contributed by atoms with E-state index in [-0.39, 0.29) is 28.0 Å². The molecule has 0 spiro atoms. The van der Waals surface area contributed by atoms with Crippen LogP contribution in [0.2, 0.25) is 0 Å². The van der Waals surface area contributed by atoms with Gasteiger partial charge in [0.15, 0.2) is 6.61 Å². The van der Waals surface area contributed by atoms with E-state index in [1.54, 1.807) is 32.0 Å². The minimum Gasteiger partial charge on any atom is -0.462 e. The molecule has 0 atom stereocenters. The van der Waals surface area contributed by atoms with Crippen LogP contribution in [0.15, 0.2) is 18.2 Å². The van der Waals surface area contributed by atoms with Crippen molar-refractivity contribution >= 4 is 51.0 Å². The molecule has 0 aliphatic rings. The molecule has 0 saturated carbocycles. The van der Waals surface area contributed by atoms with E-state index in [0.717, 1.165) is 33.5 Å². The first kappa shape index (κ1) is 24.0. The highest BCUT2D eigenvalue weighted by molar-refractivity contribution is 7.18. The number of hydrogen-bond acceptors (Lipinski definition) is 7. The number of aryl methyl sites for hydroxylation is 2. The van der Waals surface area contributed by atoms with E-state index in [4.69, 9.17) is 9.47 Å². The fourth-order valence-corrected chi connectivity index (χ4v) is 4.50. The standard InChI is InChI=1S/C23H25N3O6S/c1-6-31-23(30)18-12(3)19(20(28)24-5)33-21(18)26-17(27)10-32-22(29)14-7-8-16-15(9-14)11(2)13(4)25-16/h7-9,25H,6,10H2,1-5H3,(H,24,28)(H,26,27). The second-order valence-corrected chi connectivity index (χ2v) is 8.34. The highest BCUT2D eigenvalue weighted by Crippen LogP contribution is 2.33. The second-order valence-electron chi connectivity index (χ2n) is 7.32. The van der Waals surface area contributed by atoms with Gasteiger partial charge in [-0.3, -0.25) is 9.59 Å². The molecule has 2 amide bonds. The van der Waals surface area contributed by atoms with Crippen LogP contribution in [-0.4, -0.2) is 49.0 Å². The molecule has 1 aromatic carbocycles. The Balaban J connectivity index is 1.74. The highest BCUT2D eigenvalue weighted by atomic mass is 32.1. The molecule has 2 heterocycles. The normalized spacial score (nSPS) is 10.7. The van der Waals surface area contributed by atoms with Crippen LogP contribution < -0.4 is 10.6 Å². The van der Waals surface area contributed by atoms with Crippen LogP contribution in [0.1, 0.15) is 54.1 Å². The fourth-order valence-electron chi connectivity index (χ4n) is 3.35. The van der Waals surface area contributed by atoms with Crippen molar-refractivity contribution < 1.29 is 28.7 Å². The third-order valence-corrected chi connectivity index (χ3v) is 6.40. The number of benzene rings is 1. The van der Waals surface area contributed by atoms with Gasteiger partial charge in [-0.2, -0.15) is 0 Å². The molecule has 0 unspecified atom stereocenters. The van der Waals surface area contributed by atoms with E-state index in [9.17, 15) is 19.2 Å². The number of thiophene rings is 1. The number of H-pyrrole nitrogens is 1. The van der Waals surface area contributed by atoms with E-state index in [0.29, 0.717) is 11.1 Å². The zero-order valence-electron chi connectivity index (χ0n) is 19.0. The Labute approximate surface area is 194 Å². The minimum absolute atomic E-state index is 0.101. The van der Waals surface area contributed by atoms with Crippen molar-refractivity contribution in [1.82, 2.24) is 10.3 Å². The molecular formula is C23H25N3O6S. The lowest BCUT2D eigenvalue weighted by Crippen LogP contribution is -2.21. The SMILES string of the molecule is CCOC(=O)c1c(NC(=O)COC(=O)c2ccc3[nH]c(C)c(C)c3c2)sc(C(=O)NC)c1C. The maximum absolute atomic E-state index is 12.5. The van der Waals surface area contributed by atoms with Gasteiger partial charge in [0.1, 0.15) is 5.00 Å². The van der Waals surface area contributed by atoms with Crippen molar-refractivity contribution in [3.05, 3.63) is 51.0 Å². The Morgan fingerprint density at radius 2 is 1.76 bits per heavy atom. The molecule has 3 N–H and O–H groups in total. The number of amides is 2. The van der Waals surface area contributed by atoms with Crippen molar-refractivity contribution in [2.45, 2.75) is 27.7 Å². The third kappa shape index (κ3) is 4.90. The Bertz CT molecular complexity index is 1260. The largest absolute Gasteiger partial charge is 0.462 e. The lowest BCUT2D eigenvalue weighted by molar-refractivity contribution is -0.119. The quantitative estimate of drug-likeness (QED) is 0.453. The number of aromatic nitrogens is 1. The van der Waals surface area contributed by atoms with Crippen LogP contribution in [0.5, 0.6) is 0 Å². The summed E-state index contributed by atoms with van der Waals surface area (Å²) in [6, 6.07) is 5.12. The van der Waals surface area contributed by atoms with Gasteiger partial charge in [0.05, 0.1) is 22.6 Å². The lowest BCUT2D eigenvalue weighted by atomic mass is 10.1. The molecule has 0 radical (unpaired) electrons. The first-order valence-electron chi connectivity index (χ1n) is 10.3. The van der Waals surface area contributed by atoms with E-state index in [2.05, 4.69) is 15.6 Å². The fraction of sp³-hybridized carbons (Fsp3) is 0.304. The minimum atomic E-state index is -0.654. The molecule has 0 aliphatic heterocycles. The number of aromatic amines is 1. The molecule has 3 aromatic rings. The van der Waals surface area contributed by atoms with Gasteiger partial charge >= 0.3 is 11.9 Å². The van der Waals surface area contributed by atoms with Crippen LogP contribution in [0, 0.1) is 20.8 Å². The zero-order chi connectivity index (χ0) is 24.3. The number of ether oxygens (including phenoxy) is 2. The van der Waals surface area contributed by atoms with Crippen LogP contribution in [-0.2, 0) is 14.3 Å². The second kappa shape index (κ2) is 9.86. The first-order valence-corrected chi connectivity index (χ1v) is 11.1. The van der Waals surface area contributed by atoms with E-state index in [1.807, 2.05) is 13.8 Å². The lowest BCUT2D eigenvalue weighted by Gasteiger charge is -2.08. The van der Waals surface area contributed by atoms with Gasteiger partial charge in [-0.05, 0) is 57.0 Å². The Morgan fingerprint density at radius 3 is 2.42 bits per heavy atom. The number of hydrogen-bond donors (Lipinski definition) is 3. The Kier molecular flexibility index (Phi) is 7.17. The molecule has 0 bridgehead atoms. The summed E-state index contributed by atoms with van der Waals surface area (Å²) in [6.45, 7) is 6.74. The van der Waals surface area contributed by atoms with Crippen LogP contribution in [0.4, 0.5) is 5.00 Å². The van der Waals surface area contributed by atoms with Crippen molar-refractivity contribution in [2.75, 3.05) is 25.6 Å². The summed E-state index contributed by atoms with van der Waals surface area (Å²) in [6.07, 6.45) is 0. The number of nitrogens with one attached hydrogen (secondary N) is 3. The van der Waals surface area contributed by atoms with Gasteiger partial charge in [-0.1, -0.05) is 0 Å². The van der Waals surface area contributed by atoms with Gasteiger partial charge in [-0.15, -0.1) is 11.3 Å². The Morgan fingerprint density at radius 1 is 1.03 bits per heavy atom. The van der Waals surface area contributed by atoms with Crippen molar-refractivity contribution in [1.29, 1.82) is 0 Å². The highest BCUT2D eigenvalue weighted by Gasteiger charge is 2.26. The maximum atomic E-state index is 12.5. The smallest absolute Gasteiger partial charge is 0.341 e. The molecule has 2 aromatic heterocycles. The number of carbonyl (C=O) groups is 4. The Hall–Kier alpha value is -3.66. The van der Waals surface area contributed by atoms with Crippen LogP contribution >= 0.6 is 11.3 Å². The zero-order valence-corrected chi connectivity index (χ0v) is 19.8. The van der Waals surface area contributed by atoms with Crippen molar-refractivity contribution in [3.8, 4) is 0 Å². The molecule has 33 heavy (non-hydrogen) atoms.